The molecule has 1 amide bonds. The average molecular weight is 416 g/mol. The predicted molar refractivity (Wildman–Crippen MR) is 127 cm³/mol. The smallest absolute Gasteiger partial charge is 0.242 e. The monoisotopic (exact) mass is 415 g/mol. The van der Waals surface area contributed by atoms with Crippen LogP contribution >= 0.6 is 11.8 Å². The highest BCUT2D eigenvalue weighted by atomic mass is 32.2. The molecule has 0 spiro atoms. The molecule has 0 N–H and O–H groups in total. The first kappa shape index (κ1) is 20.4. The summed E-state index contributed by atoms with van der Waals surface area (Å²) in [4.78, 5) is 14.8. The Hall–Kier alpha value is -2.92. The van der Waals surface area contributed by atoms with Crippen LogP contribution in [0, 0.1) is 13.8 Å². The Balaban J connectivity index is 1.63. The summed E-state index contributed by atoms with van der Waals surface area (Å²) in [6.45, 7) is 6.68. The maximum absolute atomic E-state index is 13.0. The summed E-state index contributed by atoms with van der Waals surface area (Å²) >= 11 is 1.51. The molecular formula is C25H25N3OS. The molecular weight excluding hydrogens is 390 g/mol. The molecule has 1 heterocycles. The molecule has 1 saturated heterocycles. The minimum Gasteiger partial charge on any atom is -0.284 e. The van der Waals surface area contributed by atoms with E-state index in [-0.39, 0.29) is 11.2 Å². The Morgan fingerprint density at radius 3 is 2.67 bits per heavy atom. The highest BCUT2D eigenvalue weighted by Crippen LogP contribution is 2.32. The molecule has 0 aliphatic carbocycles. The first-order valence-corrected chi connectivity index (χ1v) is 11.1. The summed E-state index contributed by atoms with van der Waals surface area (Å²) in [5.41, 5.74) is 4.53. The number of nitrogens with zero attached hydrogens (tertiary/aromatic N) is 3. The zero-order valence-corrected chi connectivity index (χ0v) is 18.3. The predicted octanol–water partition coefficient (Wildman–Crippen LogP) is 5.70. The van der Waals surface area contributed by atoms with Crippen LogP contribution in [0.5, 0.6) is 0 Å². The van der Waals surface area contributed by atoms with Gasteiger partial charge in [-0.1, -0.05) is 84.9 Å². The van der Waals surface area contributed by atoms with Gasteiger partial charge in [0.1, 0.15) is 0 Å². The SMILES string of the molecule is CCC1SC(=NN=Cc2ccc(C)cc2C)N(Cc2cccc3ccccc23)C1=O. The van der Waals surface area contributed by atoms with E-state index in [0.717, 1.165) is 28.5 Å². The van der Waals surface area contributed by atoms with Crippen LogP contribution in [0.4, 0.5) is 0 Å². The fraction of sp³-hybridized carbons (Fsp3) is 0.240. The molecule has 1 aliphatic heterocycles. The quantitative estimate of drug-likeness (QED) is 0.396. The van der Waals surface area contributed by atoms with E-state index in [1.165, 1.54) is 22.7 Å². The largest absolute Gasteiger partial charge is 0.284 e. The molecule has 1 atom stereocenters. The van der Waals surface area contributed by atoms with Gasteiger partial charge in [-0.15, -0.1) is 5.10 Å². The van der Waals surface area contributed by atoms with Crippen LogP contribution in [-0.2, 0) is 11.3 Å². The average Bonchev–Trinajstić information content (AvgIpc) is 3.05. The van der Waals surface area contributed by atoms with E-state index in [2.05, 4.69) is 60.4 Å². The molecule has 5 heteroatoms. The summed E-state index contributed by atoms with van der Waals surface area (Å²) in [5.74, 6) is 0.107. The first-order valence-electron chi connectivity index (χ1n) is 10.2. The van der Waals surface area contributed by atoms with Crippen molar-refractivity contribution in [3.05, 3.63) is 82.9 Å². The molecule has 152 valence electrons. The molecule has 1 fully saturated rings. The van der Waals surface area contributed by atoms with Gasteiger partial charge in [0, 0.05) is 0 Å². The minimum atomic E-state index is -0.102. The van der Waals surface area contributed by atoms with Gasteiger partial charge in [-0.3, -0.25) is 9.69 Å². The second-order valence-electron chi connectivity index (χ2n) is 7.56. The van der Waals surface area contributed by atoms with Crippen LogP contribution in [0.2, 0.25) is 0 Å². The van der Waals surface area contributed by atoms with E-state index < -0.39 is 0 Å². The number of thioether (sulfide) groups is 1. The highest BCUT2D eigenvalue weighted by Gasteiger charge is 2.37. The van der Waals surface area contributed by atoms with Crippen molar-refractivity contribution in [3.63, 3.8) is 0 Å². The summed E-state index contributed by atoms with van der Waals surface area (Å²) in [6, 6.07) is 20.7. The molecule has 3 aromatic carbocycles. The molecule has 3 aromatic rings. The van der Waals surface area contributed by atoms with Gasteiger partial charge in [-0.25, -0.2) is 0 Å². The zero-order valence-electron chi connectivity index (χ0n) is 17.5. The van der Waals surface area contributed by atoms with Crippen molar-refractivity contribution < 1.29 is 4.79 Å². The molecule has 1 aliphatic rings. The van der Waals surface area contributed by atoms with Crippen molar-refractivity contribution in [2.24, 2.45) is 10.2 Å². The maximum Gasteiger partial charge on any atom is 0.242 e. The van der Waals surface area contributed by atoms with Gasteiger partial charge in [0.2, 0.25) is 5.91 Å². The summed E-state index contributed by atoms with van der Waals surface area (Å²) < 4.78 is 0. The first-order chi connectivity index (χ1) is 14.6. The van der Waals surface area contributed by atoms with E-state index >= 15 is 0 Å². The standard InChI is InChI=1S/C25H25N3OS/c1-4-23-24(29)28(16-21-10-7-9-19-8-5-6-11-22(19)21)25(30-23)27-26-15-20-13-12-17(2)14-18(20)3/h5-15,23H,4,16H2,1-3H3. The molecule has 0 saturated carbocycles. The van der Waals surface area contributed by atoms with Crippen LogP contribution in [0.25, 0.3) is 10.8 Å². The van der Waals surface area contributed by atoms with E-state index in [4.69, 9.17) is 0 Å². The topological polar surface area (TPSA) is 45.0 Å². The summed E-state index contributed by atoms with van der Waals surface area (Å²) in [5, 5.41) is 11.7. The van der Waals surface area contributed by atoms with Gasteiger partial charge in [0.05, 0.1) is 18.0 Å². The molecule has 0 radical (unpaired) electrons. The normalized spacial score (nSPS) is 18.2. The molecule has 30 heavy (non-hydrogen) atoms. The fourth-order valence-corrected chi connectivity index (χ4v) is 4.73. The summed E-state index contributed by atoms with van der Waals surface area (Å²) in [7, 11) is 0. The van der Waals surface area contributed by atoms with E-state index in [0.29, 0.717) is 11.7 Å². The van der Waals surface area contributed by atoms with Gasteiger partial charge in [0.25, 0.3) is 0 Å². The van der Waals surface area contributed by atoms with E-state index in [9.17, 15) is 4.79 Å². The van der Waals surface area contributed by atoms with Crippen LogP contribution in [-0.4, -0.2) is 27.4 Å². The Morgan fingerprint density at radius 2 is 1.87 bits per heavy atom. The van der Waals surface area contributed by atoms with Gasteiger partial charge >= 0.3 is 0 Å². The number of hydrogen-bond acceptors (Lipinski definition) is 4. The third-order valence-corrected chi connectivity index (χ3v) is 6.70. The number of amidine groups is 1. The molecule has 1 unspecified atom stereocenters. The number of amides is 1. The number of carbonyl (C=O) groups excluding carboxylic acids is 1. The van der Waals surface area contributed by atoms with Crippen LogP contribution in [0.1, 0.15) is 35.6 Å². The molecule has 0 aromatic heterocycles. The molecule has 4 nitrogen and oxygen atoms in total. The summed E-state index contributed by atoms with van der Waals surface area (Å²) in [6.07, 6.45) is 2.54. The van der Waals surface area contributed by atoms with E-state index in [1.54, 1.807) is 11.1 Å². The number of aryl methyl sites for hydroxylation is 2. The lowest BCUT2D eigenvalue weighted by Gasteiger charge is -2.17. The van der Waals surface area contributed by atoms with Crippen molar-refractivity contribution in [1.82, 2.24) is 4.90 Å². The lowest BCUT2D eigenvalue weighted by molar-refractivity contribution is -0.126. The molecule has 0 bridgehead atoms. The minimum absolute atomic E-state index is 0.102. The van der Waals surface area contributed by atoms with Crippen LogP contribution in [0.3, 0.4) is 0 Å². The van der Waals surface area contributed by atoms with Crippen molar-refractivity contribution in [3.8, 4) is 0 Å². The van der Waals surface area contributed by atoms with Crippen molar-refractivity contribution in [1.29, 1.82) is 0 Å². The van der Waals surface area contributed by atoms with Gasteiger partial charge in [-0.05, 0) is 47.7 Å². The van der Waals surface area contributed by atoms with Crippen LogP contribution in [0.15, 0.2) is 70.9 Å². The lowest BCUT2D eigenvalue weighted by atomic mass is 10.0. The third-order valence-electron chi connectivity index (χ3n) is 5.36. The third kappa shape index (κ3) is 4.17. The zero-order chi connectivity index (χ0) is 21.1. The van der Waals surface area contributed by atoms with Gasteiger partial charge in [-0.2, -0.15) is 5.10 Å². The van der Waals surface area contributed by atoms with Crippen molar-refractivity contribution >= 4 is 39.8 Å². The van der Waals surface area contributed by atoms with Gasteiger partial charge < -0.3 is 0 Å². The number of rotatable bonds is 5. The number of hydrogen-bond donors (Lipinski definition) is 0. The highest BCUT2D eigenvalue weighted by molar-refractivity contribution is 8.15. The second kappa shape index (κ2) is 8.84. The molecule has 4 rings (SSSR count). The number of fused-ring (bicyclic) bond motifs is 1. The van der Waals surface area contributed by atoms with Crippen molar-refractivity contribution in [2.75, 3.05) is 0 Å². The number of benzene rings is 3. The van der Waals surface area contributed by atoms with E-state index in [1.807, 2.05) is 31.2 Å². The second-order valence-corrected chi connectivity index (χ2v) is 8.73. The van der Waals surface area contributed by atoms with Crippen LogP contribution < -0.4 is 0 Å². The Kier molecular flexibility index (Phi) is 6.00. The van der Waals surface area contributed by atoms with Crippen molar-refractivity contribution in [2.45, 2.75) is 39.0 Å². The fourth-order valence-electron chi connectivity index (χ4n) is 3.70. The van der Waals surface area contributed by atoms with Gasteiger partial charge in [0.15, 0.2) is 5.17 Å². The maximum atomic E-state index is 13.0. The Morgan fingerprint density at radius 1 is 1.07 bits per heavy atom. The lowest BCUT2D eigenvalue weighted by Crippen LogP contribution is -2.31. The number of carbonyl (C=O) groups is 1. The Labute approximate surface area is 181 Å². The Bertz CT molecular complexity index is 1150.